The van der Waals surface area contributed by atoms with Gasteiger partial charge in [0.25, 0.3) is 0 Å². The lowest BCUT2D eigenvalue weighted by molar-refractivity contribution is 0.666. The summed E-state index contributed by atoms with van der Waals surface area (Å²) in [6.45, 7) is 19.3. The molecule has 137 heavy (non-hydrogen) atoms. The summed E-state index contributed by atoms with van der Waals surface area (Å²) in [6.07, 6.45) is 0. The minimum atomic E-state index is -2.07. The number of benzene rings is 17. The lowest BCUT2D eigenvalue weighted by Crippen LogP contribution is -2.51. The van der Waals surface area contributed by atoms with Gasteiger partial charge in [-0.05, 0) is 158 Å². The van der Waals surface area contributed by atoms with E-state index in [1.54, 1.807) is 0 Å². The molecule has 0 fully saturated rings. The van der Waals surface area contributed by atoms with Crippen LogP contribution in [0.2, 0.25) is 39.3 Å². The molecule has 0 amide bonds. The molecule has 0 unspecified atom stereocenters. The number of nitrogens with zero attached hydrogens (tertiary/aromatic N) is 9. The number of fused-ring (bicyclic) bond motifs is 30. The lowest BCUT2D eigenvalue weighted by atomic mass is 9.80. The van der Waals surface area contributed by atoms with Crippen LogP contribution in [0, 0.1) is 0 Å². The molecule has 650 valence electrons. The van der Waals surface area contributed by atoms with Crippen LogP contribution in [-0.2, 0) is 5.41 Å². The van der Waals surface area contributed by atoms with E-state index >= 15 is 0 Å². The van der Waals surface area contributed by atoms with E-state index in [0.717, 1.165) is 123 Å². The van der Waals surface area contributed by atoms with Crippen molar-refractivity contribution in [2.24, 2.45) is 0 Å². The minimum absolute atomic E-state index is 0.120. The summed E-state index contributed by atoms with van der Waals surface area (Å²) < 4.78 is 16.2. The third-order valence-corrected chi connectivity index (χ3v) is 41.1. The number of hydrogen-bond donors (Lipinski definition) is 0. The van der Waals surface area contributed by atoms with Gasteiger partial charge in [-0.15, -0.1) is 11.3 Å². The Morgan fingerprint density at radius 1 is 0.270 bits per heavy atom. The van der Waals surface area contributed by atoms with Crippen LogP contribution in [0.3, 0.4) is 0 Å². The molecule has 10 nitrogen and oxygen atoms in total. The van der Waals surface area contributed by atoms with Crippen molar-refractivity contribution >= 4 is 175 Å². The molecule has 0 radical (unpaired) electrons. The fraction of sp³-hybridized carbons (Fsp3) is 0.0732. The van der Waals surface area contributed by atoms with E-state index in [0.29, 0.717) is 0 Å². The van der Waals surface area contributed by atoms with E-state index in [1.807, 2.05) is 23.5 Å². The monoisotopic (exact) mass is 1820 g/mol. The van der Waals surface area contributed by atoms with Gasteiger partial charge in [-0.1, -0.05) is 344 Å². The van der Waals surface area contributed by atoms with Crippen molar-refractivity contribution in [2.45, 2.75) is 58.5 Å². The summed E-state index contributed by atoms with van der Waals surface area (Å²) in [7, 11) is -6.11. The summed E-state index contributed by atoms with van der Waals surface area (Å²) in [4.78, 5) is 32.3. The van der Waals surface area contributed by atoms with Crippen molar-refractivity contribution < 1.29 is 4.42 Å². The van der Waals surface area contributed by atoms with Gasteiger partial charge in [0, 0.05) is 135 Å². The number of hydrogen-bond acceptors (Lipinski definition) is 8. The highest BCUT2D eigenvalue weighted by Crippen LogP contribution is 2.55. The highest BCUT2D eigenvalue weighted by Gasteiger charge is 2.46. The maximum absolute atomic E-state index is 6.50. The lowest BCUT2D eigenvalue weighted by Gasteiger charge is -2.22. The Kier molecular flexibility index (Phi) is 17.8. The molecule has 17 aromatic carbocycles. The first-order valence-corrected chi connectivity index (χ1v) is 57.1. The Hall–Kier alpha value is -15.9. The van der Waals surface area contributed by atoms with Crippen LogP contribution in [0.5, 0.6) is 0 Å². The first-order valence-electron chi connectivity index (χ1n) is 47.3. The van der Waals surface area contributed by atoms with Crippen molar-refractivity contribution in [1.82, 2.24) is 43.6 Å². The quantitative estimate of drug-likeness (QED) is 0.140. The molecular formula is C123H89N9OSSi3. The van der Waals surface area contributed by atoms with Crippen LogP contribution in [0.4, 0.5) is 0 Å². The molecule has 0 saturated heterocycles. The van der Waals surface area contributed by atoms with Crippen molar-refractivity contribution in [3.8, 4) is 118 Å². The van der Waals surface area contributed by atoms with Crippen molar-refractivity contribution in [1.29, 1.82) is 0 Å². The minimum Gasteiger partial charge on any atom is -0.455 e. The van der Waals surface area contributed by atoms with Gasteiger partial charge in [0.15, 0.2) is 11.6 Å². The molecule has 25 aromatic rings. The molecule has 8 aromatic heterocycles. The highest BCUT2D eigenvalue weighted by molar-refractivity contribution is 7.26. The standard InChI is InChI=1S/C42H29N3OSi.C42H29N3SSi.C39H31N3Si/c2*1-47(2)36-19-11-8-16-32(36)38-39(26-12-4-3-5-13-26)43-41(44-42(38)47)27-20-22-28(23-21-27)45-33-17-9-6-15-31(33)37-34(45)25-24-30-29-14-7-10-18-35(29)46-40(30)37;1-39(2)29-19-11-8-16-25(29)26-22-23-31-33(35(26)39)27-17-9-12-20-30(27)42(31)38-40-36(24-14-6-5-7-15-24)34-28-18-10-13-21-32(28)43(3,4)37(34)41-38/h2*3-25H,1-2H3;5-23H,1-4H3. The number of aromatic nitrogens is 9. The molecule has 11 heterocycles. The predicted octanol–water partition coefficient (Wildman–Crippen LogP) is 28.0. The third kappa shape index (κ3) is 12.0. The van der Waals surface area contributed by atoms with Gasteiger partial charge in [0.05, 0.1) is 55.6 Å². The molecular weight excluding hydrogens is 1740 g/mol. The topological polar surface area (TPSA) is 105 Å². The van der Waals surface area contributed by atoms with Gasteiger partial charge in [0.2, 0.25) is 5.95 Å². The van der Waals surface area contributed by atoms with Crippen molar-refractivity contribution in [2.75, 3.05) is 0 Å². The Bertz CT molecular complexity index is 9040. The van der Waals surface area contributed by atoms with Crippen molar-refractivity contribution in [3.63, 3.8) is 0 Å². The summed E-state index contributed by atoms with van der Waals surface area (Å²) >= 11 is 1.89. The van der Waals surface area contributed by atoms with Gasteiger partial charge in [-0.2, -0.15) is 0 Å². The summed E-state index contributed by atoms with van der Waals surface area (Å²) in [5.41, 5.74) is 32.4. The first kappa shape index (κ1) is 80.7. The van der Waals surface area contributed by atoms with Crippen LogP contribution in [0.25, 0.3) is 226 Å². The molecule has 0 atom stereocenters. The number of thiophene rings is 1. The fourth-order valence-electron chi connectivity index (χ4n) is 23.5. The first-order chi connectivity index (χ1) is 67.0. The maximum Gasteiger partial charge on any atom is 0.235 e. The zero-order valence-corrected chi connectivity index (χ0v) is 80.7. The van der Waals surface area contributed by atoms with Gasteiger partial charge in [-0.25, -0.2) is 29.9 Å². The number of furan rings is 1. The van der Waals surface area contributed by atoms with Gasteiger partial charge >= 0.3 is 0 Å². The van der Waals surface area contributed by atoms with Crippen LogP contribution in [0.15, 0.2) is 399 Å². The molecule has 14 heteroatoms. The summed E-state index contributed by atoms with van der Waals surface area (Å²) in [6, 6.07) is 142. The van der Waals surface area contributed by atoms with E-state index in [4.69, 9.17) is 34.3 Å². The number of para-hydroxylation sites is 4. The van der Waals surface area contributed by atoms with Gasteiger partial charge in [-0.3, -0.25) is 4.57 Å². The van der Waals surface area contributed by atoms with Crippen LogP contribution < -0.4 is 31.5 Å². The molecule has 4 aliphatic rings. The van der Waals surface area contributed by atoms with Crippen LogP contribution in [0.1, 0.15) is 25.0 Å². The normalized spacial score (nSPS) is 14.1. The van der Waals surface area contributed by atoms with Gasteiger partial charge in [0.1, 0.15) is 35.4 Å². The van der Waals surface area contributed by atoms with Crippen LogP contribution >= 0.6 is 11.3 Å². The maximum atomic E-state index is 6.50. The second kappa shape index (κ2) is 30.3. The van der Waals surface area contributed by atoms with E-state index < -0.39 is 24.2 Å². The zero-order valence-electron chi connectivity index (χ0n) is 76.9. The molecule has 0 N–H and O–H groups in total. The van der Waals surface area contributed by atoms with E-state index in [2.05, 4.69) is 449 Å². The predicted molar refractivity (Wildman–Crippen MR) is 581 cm³/mol. The average Bonchev–Trinajstić information content (AvgIpc) is 1.53. The summed E-state index contributed by atoms with van der Waals surface area (Å²) in [5, 5.41) is 20.4. The fourth-order valence-corrected chi connectivity index (χ4v) is 33.5. The van der Waals surface area contributed by atoms with Crippen LogP contribution in [-0.4, -0.2) is 67.8 Å². The van der Waals surface area contributed by atoms with E-state index in [-0.39, 0.29) is 5.41 Å². The zero-order chi connectivity index (χ0) is 91.6. The molecule has 0 spiro atoms. The Balaban J connectivity index is 0.000000104. The second-order valence-corrected chi connectivity index (χ2v) is 52.9. The average molecular weight is 1830 g/mol. The summed E-state index contributed by atoms with van der Waals surface area (Å²) in [5.74, 6) is 2.32. The smallest absolute Gasteiger partial charge is 0.235 e. The second-order valence-electron chi connectivity index (χ2n) is 39.0. The molecule has 3 aliphatic heterocycles. The molecule has 0 bridgehead atoms. The van der Waals surface area contributed by atoms with Gasteiger partial charge < -0.3 is 13.6 Å². The SMILES string of the molecule is CC1(C)c2ccccc2-c2ccc3c(c21)c1ccccc1n3-c1nc(-c2ccccc2)c2c(n1)[Si](C)(C)c1ccccc1-2.C[Si]1(C)c2ccccc2-c2c(-c3ccccc3)nc(-c3ccc(-n4c5ccccc5c5c6oc7ccccc7c6ccc54)cc3)nc21.C[Si]1(C)c2ccccc2-c2c(-c3ccccc3)nc(-c3ccc(-n4c5ccccc5c5c6sc7ccccc7c6ccc54)cc3)nc21. The Labute approximate surface area is 798 Å². The van der Waals surface area contributed by atoms with Crippen molar-refractivity contribution in [3.05, 3.63) is 405 Å². The third-order valence-electron chi connectivity index (χ3n) is 29.9. The Morgan fingerprint density at radius 3 is 1.18 bits per heavy atom. The Morgan fingerprint density at radius 2 is 0.657 bits per heavy atom. The molecule has 0 saturated carbocycles. The van der Waals surface area contributed by atoms with E-state index in [1.165, 1.54) is 145 Å². The molecule has 1 aliphatic carbocycles. The van der Waals surface area contributed by atoms with E-state index in [9.17, 15) is 0 Å². The largest absolute Gasteiger partial charge is 0.455 e. The molecule has 29 rings (SSSR count). The number of rotatable bonds is 8. The highest BCUT2D eigenvalue weighted by atomic mass is 32.1.